The van der Waals surface area contributed by atoms with Crippen molar-refractivity contribution in [2.45, 2.75) is 24.7 Å². The standard InChI is InChI=1S/C23H27N3O2S/c1-16-11-12-25(14-16)19-5-3-18(4-6-19)24-23(28)17-13-22(27)26(15-17)20-7-9-21(29-2)10-8-20/h3-10,16-17H,11-15H2,1-2H3,(H,24,28). The second kappa shape index (κ2) is 8.49. The van der Waals surface area contributed by atoms with Crippen molar-refractivity contribution in [1.82, 2.24) is 0 Å². The highest BCUT2D eigenvalue weighted by Gasteiger charge is 2.35. The number of hydrogen-bond acceptors (Lipinski definition) is 4. The Bertz CT molecular complexity index is 882. The van der Waals surface area contributed by atoms with Gasteiger partial charge in [0.05, 0.1) is 5.92 Å². The first kappa shape index (κ1) is 19.8. The number of nitrogens with one attached hydrogen (secondary N) is 1. The van der Waals surface area contributed by atoms with Crippen LogP contribution in [-0.4, -0.2) is 37.7 Å². The quantitative estimate of drug-likeness (QED) is 0.751. The molecule has 0 spiro atoms. The van der Waals surface area contributed by atoms with E-state index in [-0.39, 0.29) is 24.2 Å². The van der Waals surface area contributed by atoms with E-state index >= 15 is 0 Å². The predicted octanol–water partition coefficient (Wildman–Crippen LogP) is 4.25. The van der Waals surface area contributed by atoms with Crippen LogP contribution in [0.15, 0.2) is 53.4 Å². The van der Waals surface area contributed by atoms with Crippen molar-refractivity contribution in [2.24, 2.45) is 11.8 Å². The lowest BCUT2D eigenvalue weighted by atomic mass is 10.1. The van der Waals surface area contributed by atoms with Gasteiger partial charge in [-0.25, -0.2) is 0 Å². The lowest BCUT2D eigenvalue weighted by molar-refractivity contribution is -0.122. The topological polar surface area (TPSA) is 52.7 Å². The molecule has 152 valence electrons. The number of carbonyl (C=O) groups is 2. The Morgan fingerprint density at radius 2 is 1.72 bits per heavy atom. The monoisotopic (exact) mass is 409 g/mol. The molecule has 2 unspecified atom stereocenters. The molecule has 0 radical (unpaired) electrons. The predicted molar refractivity (Wildman–Crippen MR) is 120 cm³/mol. The van der Waals surface area contributed by atoms with Gasteiger partial charge < -0.3 is 15.1 Å². The molecule has 6 heteroatoms. The fourth-order valence-corrected chi connectivity index (χ4v) is 4.47. The molecule has 29 heavy (non-hydrogen) atoms. The van der Waals surface area contributed by atoms with Gasteiger partial charge in [-0.05, 0) is 67.1 Å². The van der Waals surface area contributed by atoms with E-state index in [4.69, 9.17) is 0 Å². The molecule has 1 N–H and O–H groups in total. The minimum atomic E-state index is -0.332. The lowest BCUT2D eigenvalue weighted by Crippen LogP contribution is -2.28. The molecule has 2 fully saturated rings. The molecule has 2 aromatic carbocycles. The average molecular weight is 410 g/mol. The Morgan fingerprint density at radius 1 is 1.03 bits per heavy atom. The van der Waals surface area contributed by atoms with Gasteiger partial charge in [0.25, 0.3) is 0 Å². The maximum atomic E-state index is 12.7. The number of thioether (sulfide) groups is 1. The summed E-state index contributed by atoms with van der Waals surface area (Å²) in [6.45, 7) is 4.87. The second-order valence-electron chi connectivity index (χ2n) is 7.98. The summed E-state index contributed by atoms with van der Waals surface area (Å²) in [5.41, 5.74) is 2.83. The van der Waals surface area contributed by atoms with Gasteiger partial charge in [-0.2, -0.15) is 0 Å². The smallest absolute Gasteiger partial charge is 0.229 e. The zero-order chi connectivity index (χ0) is 20.4. The molecule has 2 aromatic rings. The Balaban J connectivity index is 1.36. The Labute approximate surface area is 176 Å². The van der Waals surface area contributed by atoms with Crippen LogP contribution in [0, 0.1) is 11.8 Å². The zero-order valence-corrected chi connectivity index (χ0v) is 17.7. The number of nitrogens with zero attached hydrogens (tertiary/aromatic N) is 2. The van der Waals surface area contributed by atoms with Crippen LogP contribution in [0.5, 0.6) is 0 Å². The maximum Gasteiger partial charge on any atom is 0.229 e. The summed E-state index contributed by atoms with van der Waals surface area (Å²) in [7, 11) is 0. The van der Waals surface area contributed by atoms with Crippen LogP contribution in [0.25, 0.3) is 0 Å². The van der Waals surface area contributed by atoms with Crippen molar-refractivity contribution in [3.05, 3.63) is 48.5 Å². The summed E-state index contributed by atoms with van der Waals surface area (Å²) in [5.74, 6) is 0.306. The minimum absolute atomic E-state index is 0.000512. The van der Waals surface area contributed by atoms with E-state index < -0.39 is 0 Å². The van der Waals surface area contributed by atoms with E-state index in [0.717, 1.165) is 35.3 Å². The third kappa shape index (κ3) is 4.42. The van der Waals surface area contributed by atoms with Crippen molar-refractivity contribution in [1.29, 1.82) is 0 Å². The molecular weight excluding hydrogens is 382 g/mol. The summed E-state index contributed by atoms with van der Waals surface area (Å²) in [6, 6.07) is 15.9. The van der Waals surface area contributed by atoms with Gasteiger partial charge >= 0.3 is 0 Å². The van der Waals surface area contributed by atoms with Crippen molar-refractivity contribution in [2.75, 3.05) is 41.0 Å². The summed E-state index contributed by atoms with van der Waals surface area (Å²) in [5, 5.41) is 2.98. The van der Waals surface area contributed by atoms with Gasteiger partial charge in [-0.3, -0.25) is 9.59 Å². The van der Waals surface area contributed by atoms with Crippen LogP contribution < -0.4 is 15.1 Å². The molecule has 0 saturated carbocycles. The van der Waals surface area contributed by atoms with Gasteiger partial charge in [0.2, 0.25) is 11.8 Å². The van der Waals surface area contributed by atoms with Gasteiger partial charge in [0, 0.05) is 48.0 Å². The van der Waals surface area contributed by atoms with E-state index in [1.165, 1.54) is 12.1 Å². The highest BCUT2D eigenvalue weighted by atomic mass is 32.2. The molecule has 2 saturated heterocycles. The lowest BCUT2D eigenvalue weighted by Gasteiger charge is -2.19. The highest BCUT2D eigenvalue weighted by Crippen LogP contribution is 2.29. The molecule has 2 heterocycles. The SMILES string of the molecule is CSc1ccc(N2CC(C(=O)Nc3ccc(N4CCC(C)C4)cc3)CC2=O)cc1. The average Bonchev–Trinajstić information content (AvgIpc) is 3.34. The molecule has 0 aromatic heterocycles. The summed E-state index contributed by atoms with van der Waals surface area (Å²) in [6.07, 6.45) is 3.50. The van der Waals surface area contributed by atoms with Gasteiger partial charge in [0.15, 0.2) is 0 Å². The van der Waals surface area contributed by atoms with Crippen molar-refractivity contribution >= 4 is 40.6 Å². The Morgan fingerprint density at radius 3 is 2.34 bits per heavy atom. The molecular formula is C23H27N3O2S. The highest BCUT2D eigenvalue weighted by molar-refractivity contribution is 7.98. The Hall–Kier alpha value is -2.47. The molecule has 0 aliphatic carbocycles. The van der Waals surface area contributed by atoms with Crippen molar-refractivity contribution in [3.63, 3.8) is 0 Å². The van der Waals surface area contributed by atoms with Crippen molar-refractivity contribution in [3.8, 4) is 0 Å². The van der Waals surface area contributed by atoms with Crippen LogP contribution in [0.1, 0.15) is 19.8 Å². The van der Waals surface area contributed by atoms with E-state index in [2.05, 4.69) is 29.3 Å². The molecule has 2 amide bonds. The van der Waals surface area contributed by atoms with Gasteiger partial charge in [0.1, 0.15) is 0 Å². The fraction of sp³-hybridized carbons (Fsp3) is 0.391. The third-order valence-corrected chi connectivity index (χ3v) is 6.55. The van der Waals surface area contributed by atoms with Crippen molar-refractivity contribution < 1.29 is 9.59 Å². The van der Waals surface area contributed by atoms with E-state index in [0.29, 0.717) is 6.54 Å². The number of amides is 2. The molecule has 5 nitrogen and oxygen atoms in total. The zero-order valence-electron chi connectivity index (χ0n) is 16.9. The normalized spacial score (nSPS) is 21.7. The number of rotatable bonds is 5. The molecule has 4 rings (SSSR count). The summed E-state index contributed by atoms with van der Waals surface area (Å²) < 4.78 is 0. The van der Waals surface area contributed by atoms with E-state index in [1.54, 1.807) is 16.7 Å². The summed E-state index contributed by atoms with van der Waals surface area (Å²) >= 11 is 1.67. The number of hydrogen-bond donors (Lipinski definition) is 1. The first-order valence-corrected chi connectivity index (χ1v) is 11.4. The van der Waals surface area contributed by atoms with E-state index in [9.17, 15) is 9.59 Å². The van der Waals surface area contributed by atoms with Gasteiger partial charge in [-0.1, -0.05) is 6.92 Å². The number of carbonyl (C=O) groups excluding carboxylic acids is 2. The molecule has 2 aliphatic rings. The fourth-order valence-electron chi connectivity index (χ4n) is 4.06. The minimum Gasteiger partial charge on any atom is -0.371 e. The molecule has 2 aliphatic heterocycles. The van der Waals surface area contributed by atoms with Crippen LogP contribution in [0.4, 0.5) is 17.1 Å². The number of anilines is 3. The first-order chi connectivity index (χ1) is 14.0. The van der Waals surface area contributed by atoms with Crippen LogP contribution >= 0.6 is 11.8 Å². The first-order valence-electron chi connectivity index (χ1n) is 10.1. The van der Waals surface area contributed by atoms with Crippen LogP contribution in [0.3, 0.4) is 0 Å². The molecule has 0 bridgehead atoms. The second-order valence-corrected chi connectivity index (χ2v) is 8.86. The van der Waals surface area contributed by atoms with Crippen LogP contribution in [-0.2, 0) is 9.59 Å². The Kier molecular flexibility index (Phi) is 5.81. The van der Waals surface area contributed by atoms with Gasteiger partial charge in [-0.15, -0.1) is 11.8 Å². The third-order valence-electron chi connectivity index (χ3n) is 5.80. The maximum absolute atomic E-state index is 12.7. The van der Waals surface area contributed by atoms with Crippen LogP contribution in [0.2, 0.25) is 0 Å². The largest absolute Gasteiger partial charge is 0.371 e. The number of benzene rings is 2. The summed E-state index contributed by atoms with van der Waals surface area (Å²) in [4.78, 5) is 30.4. The molecule has 2 atom stereocenters. The van der Waals surface area contributed by atoms with E-state index in [1.807, 2.05) is 42.7 Å².